The Bertz CT molecular complexity index is 321. The number of hydrogen-bond donors (Lipinski definition) is 1. The van der Waals surface area contributed by atoms with Crippen molar-refractivity contribution < 1.29 is 4.74 Å². The molecule has 1 unspecified atom stereocenters. The summed E-state index contributed by atoms with van der Waals surface area (Å²) in [6, 6.07) is 10.6. The van der Waals surface area contributed by atoms with E-state index < -0.39 is 0 Å². The average Bonchev–Trinajstić information content (AvgIpc) is 2.37. The van der Waals surface area contributed by atoms with Gasteiger partial charge in [0.1, 0.15) is 12.4 Å². The van der Waals surface area contributed by atoms with Gasteiger partial charge in [0.05, 0.1) is 0 Å². The lowest BCUT2D eigenvalue weighted by atomic mass is 9.81. The van der Waals surface area contributed by atoms with Crippen molar-refractivity contribution in [2.24, 2.45) is 5.92 Å². The van der Waals surface area contributed by atoms with Gasteiger partial charge in [-0.25, -0.2) is 0 Å². The van der Waals surface area contributed by atoms with E-state index >= 15 is 0 Å². The molecule has 2 heteroatoms. The molecule has 0 bridgehead atoms. The van der Waals surface area contributed by atoms with Gasteiger partial charge in [-0.05, 0) is 37.4 Å². The van der Waals surface area contributed by atoms with Crippen LogP contribution in [0.1, 0.15) is 39.0 Å². The number of benzene rings is 1. The highest BCUT2D eigenvalue weighted by Gasteiger charge is 2.22. The van der Waals surface area contributed by atoms with E-state index in [2.05, 4.69) is 12.2 Å². The molecule has 0 heterocycles. The number of rotatable bonds is 8. The molecule has 18 heavy (non-hydrogen) atoms. The van der Waals surface area contributed by atoms with E-state index in [9.17, 15) is 0 Å². The maximum Gasteiger partial charge on any atom is 0.119 e. The van der Waals surface area contributed by atoms with Crippen LogP contribution in [0.5, 0.6) is 5.75 Å². The third kappa shape index (κ3) is 4.34. The summed E-state index contributed by atoms with van der Waals surface area (Å²) >= 11 is 0. The van der Waals surface area contributed by atoms with Crippen LogP contribution in [0.2, 0.25) is 0 Å². The standard InChI is InChI=1S/C16H25NO/c1-2-11-17-15(12-14-7-6-8-14)13-18-16-9-4-3-5-10-16/h3-5,9-10,14-15,17H,2,6-8,11-13H2,1H3. The highest BCUT2D eigenvalue weighted by atomic mass is 16.5. The molecule has 1 aliphatic carbocycles. The van der Waals surface area contributed by atoms with Gasteiger partial charge >= 0.3 is 0 Å². The number of ether oxygens (including phenoxy) is 1. The molecule has 100 valence electrons. The lowest BCUT2D eigenvalue weighted by molar-refractivity contribution is 0.202. The second-order valence-corrected chi connectivity index (χ2v) is 5.31. The Morgan fingerprint density at radius 2 is 2.06 bits per heavy atom. The molecule has 0 spiro atoms. The van der Waals surface area contributed by atoms with Crippen molar-refractivity contribution in [1.29, 1.82) is 0 Å². The minimum atomic E-state index is 0.510. The first-order chi connectivity index (χ1) is 8.88. The fourth-order valence-corrected chi connectivity index (χ4v) is 2.40. The predicted octanol–water partition coefficient (Wildman–Crippen LogP) is 3.62. The SMILES string of the molecule is CCCNC(COc1ccccc1)CC1CCC1. The molecule has 0 amide bonds. The largest absolute Gasteiger partial charge is 0.492 e. The molecule has 1 fully saturated rings. The molecular weight excluding hydrogens is 222 g/mol. The summed E-state index contributed by atoms with van der Waals surface area (Å²) in [6.45, 7) is 4.10. The Morgan fingerprint density at radius 1 is 1.28 bits per heavy atom. The summed E-state index contributed by atoms with van der Waals surface area (Å²) in [5.74, 6) is 1.91. The van der Waals surface area contributed by atoms with Crippen molar-refractivity contribution in [3.8, 4) is 5.75 Å². The van der Waals surface area contributed by atoms with Crippen LogP contribution in [0.4, 0.5) is 0 Å². The molecule has 1 aliphatic rings. The summed E-state index contributed by atoms with van der Waals surface area (Å²) in [6.07, 6.45) is 6.70. The third-order valence-corrected chi connectivity index (χ3v) is 3.72. The van der Waals surface area contributed by atoms with Crippen molar-refractivity contribution in [2.75, 3.05) is 13.2 Å². The third-order valence-electron chi connectivity index (χ3n) is 3.72. The first kappa shape index (κ1) is 13.4. The van der Waals surface area contributed by atoms with Crippen molar-refractivity contribution in [3.63, 3.8) is 0 Å². The van der Waals surface area contributed by atoms with Crippen molar-refractivity contribution in [1.82, 2.24) is 5.32 Å². The topological polar surface area (TPSA) is 21.3 Å². The van der Waals surface area contributed by atoms with Gasteiger partial charge in [-0.2, -0.15) is 0 Å². The molecule has 1 aromatic carbocycles. The van der Waals surface area contributed by atoms with Crippen LogP contribution in [0, 0.1) is 5.92 Å². The second-order valence-electron chi connectivity index (χ2n) is 5.31. The van der Waals surface area contributed by atoms with Gasteiger partial charge < -0.3 is 10.1 Å². The van der Waals surface area contributed by atoms with Gasteiger partial charge in [0, 0.05) is 6.04 Å². The zero-order valence-corrected chi connectivity index (χ0v) is 11.4. The first-order valence-electron chi connectivity index (χ1n) is 7.29. The van der Waals surface area contributed by atoms with Crippen LogP contribution in [0.3, 0.4) is 0 Å². The van der Waals surface area contributed by atoms with Crippen LogP contribution in [0.25, 0.3) is 0 Å². The molecule has 0 aromatic heterocycles. The molecular formula is C16H25NO. The Labute approximate surface area is 111 Å². The van der Waals surface area contributed by atoms with Crippen LogP contribution < -0.4 is 10.1 Å². The Balaban J connectivity index is 1.76. The van der Waals surface area contributed by atoms with Gasteiger partial charge in [0.2, 0.25) is 0 Å². The fraction of sp³-hybridized carbons (Fsp3) is 0.625. The molecule has 1 atom stereocenters. The Kier molecular flexibility index (Phi) is 5.53. The van der Waals surface area contributed by atoms with E-state index in [1.165, 1.54) is 32.1 Å². The number of nitrogens with one attached hydrogen (secondary N) is 1. The maximum absolute atomic E-state index is 5.87. The monoisotopic (exact) mass is 247 g/mol. The smallest absolute Gasteiger partial charge is 0.119 e. The molecule has 0 aliphatic heterocycles. The highest BCUT2D eigenvalue weighted by Crippen LogP contribution is 2.30. The van der Waals surface area contributed by atoms with Crippen LogP contribution in [-0.2, 0) is 0 Å². The molecule has 1 aromatic rings. The maximum atomic E-state index is 5.87. The summed E-state index contributed by atoms with van der Waals surface area (Å²) in [5.41, 5.74) is 0. The fourth-order valence-electron chi connectivity index (χ4n) is 2.40. The zero-order valence-electron chi connectivity index (χ0n) is 11.4. The Hall–Kier alpha value is -1.02. The van der Waals surface area contributed by atoms with Crippen LogP contribution in [-0.4, -0.2) is 19.2 Å². The second kappa shape index (κ2) is 7.42. The number of hydrogen-bond acceptors (Lipinski definition) is 2. The van der Waals surface area contributed by atoms with Crippen LogP contribution in [0.15, 0.2) is 30.3 Å². The van der Waals surface area contributed by atoms with Crippen molar-refractivity contribution >= 4 is 0 Å². The van der Waals surface area contributed by atoms with E-state index in [0.717, 1.165) is 24.8 Å². The first-order valence-corrected chi connectivity index (χ1v) is 7.29. The van der Waals surface area contributed by atoms with Gasteiger partial charge in [0.25, 0.3) is 0 Å². The van der Waals surface area contributed by atoms with Crippen molar-refractivity contribution in [2.45, 2.75) is 45.1 Å². The minimum Gasteiger partial charge on any atom is -0.492 e. The Morgan fingerprint density at radius 3 is 2.67 bits per heavy atom. The minimum absolute atomic E-state index is 0.510. The normalized spacial score (nSPS) is 17.2. The number of para-hydroxylation sites is 1. The summed E-state index contributed by atoms with van der Waals surface area (Å²) < 4.78 is 5.87. The van der Waals surface area contributed by atoms with E-state index in [-0.39, 0.29) is 0 Å². The molecule has 2 nitrogen and oxygen atoms in total. The van der Waals surface area contributed by atoms with Gasteiger partial charge in [-0.1, -0.05) is 44.4 Å². The quantitative estimate of drug-likeness (QED) is 0.757. The molecule has 0 saturated heterocycles. The van der Waals surface area contributed by atoms with E-state index in [1.54, 1.807) is 0 Å². The van der Waals surface area contributed by atoms with E-state index in [1.807, 2.05) is 30.3 Å². The van der Waals surface area contributed by atoms with Gasteiger partial charge in [-0.15, -0.1) is 0 Å². The average molecular weight is 247 g/mol. The molecule has 1 N–H and O–H groups in total. The molecule has 0 radical (unpaired) electrons. The zero-order chi connectivity index (χ0) is 12.6. The lowest BCUT2D eigenvalue weighted by Gasteiger charge is -2.30. The van der Waals surface area contributed by atoms with E-state index in [0.29, 0.717) is 6.04 Å². The van der Waals surface area contributed by atoms with Gasteiger partial charge in [0.15, 0.2) is 0 Å². The van der Waals surface area contributed by atoms with E-state index in [4.69, 9.17) is 4.74 Å². The van der Waals surface area contributed by atoms with Crippen LogP contribution >= 0.6 is 0 Å². The predicted molar refractivity (Wildman–Crippen MR) is 76.0 cm³/mol. The van der Waals surface area contributed by atoms with Crippen molar-refractivity contribution in [3.05, 3.63) is 30.3 Å². The van der Waals surface area contributed by atoms with Gasteiger partial charge in [-0.3, -0.25) is 0 Å². The summed E-state index contributed by atoms with van der Waals surface area (Å²) in [7, 11) is 0. The summed E-state index contributed by atoms with van der Waals surface area (Å²) in [5, 5.41) is 3.61. The lowest BCUT2D eigenvalue weighted by Crippen LogP contribution is -2.38. The highest BCUT2D eigenvalue weighted by molar-refractivity contribution is 5.20. The molecule has 1 saturated carbocycles. The molecule has 2 rings (SSSR count). The summed E-state index contributed by atoms with van der Waals surface area (Å²) in [4.78, 5) is 0.